The Balaban J connectivity index is 1.69. The molecule has 3 aromatic rings. The number of fused-ring (bicyclic) bond motifs is 3. The molecule has 0 saturated heterocycles. The number of hydrogen-bond donors (Lipinski definition) is 2. The summed E-state index contributed by atoms with van der Waals surface area (Å²) in [5.74, 6) is -0.327. The third-order valence-electron chi connectivity index (χ3n) is 4.77. The molecule has 1 aliphatic rings. The highest BCUT2D eigenvalue weighted by molar-refractivity contribution is 6.37. The zero-order valence-electron chi connectivity index (χ0n) is 13.9. The Kier molecular flexibility index (Phi) is 4.47. The number of nitrogens with one attached hydrogen (secondary N) is 2. The number of carbonyl (C=O) groups is 1. The monoisotopic (exact) mass is 386 g/mol. The first kappa shape index (κ1) is 17.1. The number of H-pyrrole nitrogens is 1. The Hall–Kier alpha value is -2.30. The van der Waals surface area contributed by atoms with E-state index < -0.39 is 0 Å². The Labute approximate surface area is 160 Å². The summed E-state index contributed by atoms with van der Waals surface area (Å²) in [6, 6.07) is 10.3. The highest BCUT2D eigenvalue weighted by Crippen LogP contribution is 2.28. The first-order valence-corrected chi connectivity index (χ1v) is 9.23. The number of halogens is 2. The quantitative estimate of drug-likeness (QED) is 0.653. The smallest absolute Gasteiger partial charge is 0.257 e. The van der Waals surface area contributed by atoms with Gasteiger partial charge in [-0.05, 0) is 61.6 Å². The first-order chi connectivity index (χ1) is 12.5. The standard InChI is InChI=1S/C20H16Cl2N2O2/c21-11-5-7-16(17(22)9-11)20(26)23-12-6-8-14-13-3-1-2-4-15(13)19(25)24-18(14)10-12/h5-10H,1-4H2,(H,23,26)(H,24,25). The maximum Gasteiger partial charge on any atom is 0.257 e. The van der Waals surface area contributed by atoms with Crippen LogP contribution in [-0.2, 0) is 12.8 Å². The van der Waals surface area contributed by atoms with Crippen molar-refractivity contribution in [2.75, 3.05) is 5.32 Å². The molecule has 4 nitrogen and oxygen atoms in total. The predicted octanol–water partition coefficient (Wildman–Crippen LogP) is 4.97. The van der Waals surface area contributed by atoms with Crippen molar-refractivity contribution in [3.8, 4) is 0 Å². The number of pyridine rings is 1. The number of benzene rings is 2. The van der Waals surface area contributed by atoms with E-state index in [1.807, 2.05) is 12.1 Å². The lowest BCUT2D eigenvalue weighted by Gasteiger charge is -2.17. The molecule has 132 valence electrons. The number of rotatable bonds is 2. The van der Waals surface area contributed by atoms with Crippen LogP contribution >= 0.6 is 23.2 Å². The van der Waals surface area contributed by atoms with E-state index in [4.69, 9.17) is 23.2 Å². The molecular formula is C20H16Cl2N2O2. The Morgan fingerprint density at radius 1 is 1.00 bits per heavy atom. The zero-order valence-corrected chi connectivity index (χ0v) is 15.4. The van der Waals surface area contributed by atoms with E-state index in [9.17, 15) is 9.59 Å². The van der Waals surface area contributed by atoms with E-state index in [-0.39, 0.29) is 11.5 Å². The molecule has 0 fully saturated rings. The van der Waals surface area contributed by atoms with Gasteiger partial charge in [-0.3, -0.25) is 9.59 Å². The fourth-order valence-corrected chi connectivity index (χ4v) is 4.01. The Bertz CT molecular complexity index is 1090. The molecule has 1 aliphatic carbocycles. The summed E-state index contributed by atoms with van der Waals surface area (Å²) in [6.45, 7) is 0. The average molecular weight is 387 g/mol. The van der Waals surface area contributed by atoms with Crippen LogP contribution in [0.3, 0.4) is 0 Å². The van der Waals surface area contributed by atoms with Crippen molar-refractivity contribution >= 4 is 45.7 Å². The molecule has 1 amide bonds. The van der Waals surface area contributed by atoms with Gasteiger partial charge in [0, 0.05) is 21.7 Å². The van der Waals surface area contributed by atoms with Crippen molar-refractivity contribution < 1.29 is 4.79 Å². The summed E-state index contributed by atoms with van der Waals surface area (Å²) in [7, 11) is 0. The fraction of sp³-hybridized carbons (Fsp3) is 0.200. The van der Waals surface area contributed by atoms with Gasteiger partial charge in [-0.1, -0.05) is 29.3 Å². The second kappa shape index (κ2) is 6.78. The third kappa shape index (κ3) is 3.11. The largest absolute Gasteiger partial charge is 0.322 e. The van der Waals surface area contributed by atoms with Crippen LogP contribution in [0.5, 0.6) is 0 Å². The highest BCUT2D eigenvalue weighted by Gasteiger charge is 2.17. The molecular weight excluding hydrogens is 371 g/mol. The minimum absolute atomic E-state index is 0.0311. The highest BCUT2D eigenvalue weighted by atomic mass is 35.5. The van der Waals surface area contributed by atoms with E-state index in [1.54, 1.807) is 18.2 Å². The Morgan fingerprint density at radius 3 is 2.54 bits per heavy atom. The number of anilines is 1. The number of hydrogen-bond acceptors (Lipinski definition) is 2. The molecule has 0 atom stereocenters. The molecule has 2 aromatic carbocycles. The summed E-state index contributed by atoms with van der Waals surface area (Å²) < 4.78 is 0. The number of amides is 1. The summed E-state index contributed by atoms with van der Waals surface area (Å²) in [5.41, 5.74) is 3.67. The third-order valence-corrected chi connectivity index (χ3v) is 5.32. The maximum absolute atomic E-state index is 12.5. The molecule has 1 aromatic heterocycles. The van der Waals surface area contributed by atoms with Crippen molar-refractivity contribution in [1.82, 2.24) is 4.98 Å². The molecule has 0 spiro atoms. The molecule has 26 heavy (non-hydrogen) atoms. The second-order valence-electron chi connectivity index (χ2n) is 6.46. The number of carbonyl (C=O) groups excluding carboxylic acids is 1. The van der Waals surface area contributed by atoms with E-state index in [0.717, 1.165) is 47.7 Å². The minimum atomic E-state index is -0.327. The molecule has 0 radical (unpaired) electrons. The van der Waals surface area contributed by atoms with Gasteiger partial charge < -0.3 is 10.3 Å². The lowest BCUT2D eigenvalue weighted by atomic mass is 9.90. The molecule has 0 saturated carbocycles. The summed E-state index contributed by atoms with van der Waals surface area (Å²) in [5, 5.41) is 4.63. The predicted molar refractivity (Wildman–Crippen MR) is 106 cm³/mol. The van der Waals surface area contributed by atoms with Gasteiger partial charge in [0.1, 0.15) is 0 Å². The van der Waals surface area contributed by atoms with Crippen molar-refractivity contribution in [2.45, 2.75) is 25.7 Å². The van der Waals surface area contributed by atoms with Crippen LogP contribution in [0.4, 0.5) is 5.69 Å². The molecule has 2 N–H and O–H groups in total. The molecule has 4 rings (SSSR count). The molecule has 1 heterocycles. The topological polar surface area (TPSA) is 62.0 Å². The van der Waals surface area contributed by atoms with E-state index >= 15 is 0 Å². The van der Waals surface area contributed by atoms with Gasteiger partial charge in [0.15, 0.2) is 0 Å². The van der Waals surface area contributed by atoms with Crippen molar-refractivity contribution in [1.29, 1.82) is 0 Å². The van der Waals surface area contributed by atoms with Crippen LogP contribution in [0.1, 0.15) is 34.3 Å². The zero-order chi connectivity index (χ0) is 18.3. The number of aryl methyl sites for hydroxylation is 1. The summed E-state index contributed by atoms with van der Waals surface area (Å²) in [6.07, 6.45) is 3.90. The second-order valence-corrected chi connectivity index (χ2v) is 7.30. The van der Waals surface area contributed by atoms with Crippen molar-refractivity contribution in [2.24, 2.45) is 0 Å². The van der Waals surface area contributed by atoms with E-state index in [1.165, 1.54) is 6.07 Å². The minimum Gasteiger partial charge on any atom is -0.322 e. The SMILES string of the molecule is O=C(Nc1ccc2c3c(c(=O)[nH]c2c1)CCCC3)c1ccc(Cl)cc1Cl. The maximum atomic E-state index is 12.5. The summed E-state index contributed by atoms with van der Waals surface area (Å²) in [4.78, 5) is 27.7. The fourth-order valence-electron chi connectivity index (χ4n) is 3.51. The Morgan fingerprint density at radius 2 is 1.77 bits per heavy atom. The van der Waals surface area contributed by atoms with Gasteiger partial charge in [-0.15, -0.1) is 0 Å². The van der Waals surface area contributed by atoms with Crippen LogP contribution in [0, 0.1) is 0 Å². The summed E-state index contributed by atoms with van der Waals surface area (Å²) >= 11 is 12.0. The van der Waals surface area contributed by atoms with Crippen LogP contribution in [0.2, 0.25) is 10.0 Å². The van der Waals surface area contributed by atoms with Gasteiger partial charge in [0.2, 0.25) is 0 Å². The lowest BCUT2D eigenvalue weighted by molar-refractivity contribution is 0.102. The van der Waals surface area contributed by atoms with Crippen LogP contribution < -0.4 is 10.9 Å². The van der Waals surface area contributed by atoms with Gasteiger partial charge in [-0.2, -0.15) is 0 Å². The number of aromatic amines is 1. The molecule has 0 aliphatic heterocycles. The van der Waals surface area contributed by atoms with Crippen LogP contribution in [0.15, 0.2) is 41.2 Å². The molecule has 6 heteroatoms. The first-order valence-electron chi connectivity index (χ1n) is 8.47. The average Bonchev–Trinajstić information content (AvgIpc) is 2.61. The van der Waals surface area contributed by atoms with Gasteiger partial charge >= 0.3 is 0 Å². The number of aromatic nitrogens is 1. The normalized spacial score (nSPS) is 13.5. The van der Waals surface area contributed by atoms with Gasteiger partial charge in [0.25, 0.3) is 11.5 Å². The van der Waals surface area contributed by atoms with Crippen LogP contribution in [0.25, 0.3) is 10.9 Å². The molecule has 0 bridgehead atoms. The van der Waals surface area contributed by atoms with Crippen LogP contribution in [-0.4, -0.2) is 10.9 Å². The van der Waals surface area contributed by atoms with Gasteiger partial charge in [-0.25, -0.2) is 0 Å². The van der Waals surface area contributed by atoms with E-state index in [0.29, 0.717) is 21.3 Å². The molecule has 0 unspecified atom stereocenters. The van der Waals surface area contributed by atoms with Crippen molar-refractivity contribution in [3.05, 3.63) is 73.5 Å². The lowest BCUT2D eigenvalue weighted by Crippen LogP contribution is -2.19. The van der Waals surface area contributed by atoms with Gasteiger partial charge in [0.05, 0.1) is 16.1 Å². The van der Waals surface area contributed by atoms with Crippen molar-refractivity contribution in [3.63, 3.8) is 0 Å². The van der Waals surface area contributed by atoms with E-state index in [2.05, 4.69) is 10.3 Å².